The van der Waals surface area contributed by atoms with E-state index in [0.717, 1.165) is 24.4 Å². The quantitative estimate of drug-likeness (QED) is 0.595. The van der Waals surface area contributed by atoms with Crippen LogP contribution in [0.2, 0.25) is 0 Å². The minimum atomic E-state index is -0.722. The van der Waals surface area contributed by atoms with Crippen LogP contribution < -0.4 is 0 Å². The minimum Gasteiger partial charge on any atom is -0.258 e. The van der Waals surface area contributed by atoms with Crippen molar-refractivity contribution >= 4 is 5.69 Å². The van der Waals surface area contributed by atoms with Crippen LogP contribution in [0.1, 0.15) is 0 Å². The largest absolute Gasteiger partial charge is 0.295 e. The molecule has 0 radical (unpaired) electrons. The number of halogens is 2. The van der Waals surface area contributed by atoms with Crippen LogP contribution in [0.4, 0.5) is 14.5 Å². The molecule has 1 heterocycles. The second kappa shape index (κ2) is 4.25. The fourth-order valence-corrected chi connectivity index (χ4v) is 1.46. The van der Waals surface area contributed by atoms with E-state index in [-0.39, 0.29) is 16.8 Å². The van der Waals surface area contributed by atoms with Gasteiger partial charge in [-0.3, -0.25) is 15.1 Å². The van der Waals surface area contributed by atoms with Gasteiger partial charge in [-0.05, 0) is 24.3 Å². The van der Waals surface area contributed by atoms with Gasteiger partial charge in [0.15, 0.2) is 0 Å². The lowest BCUT2D eigenvalue weighted by atomic mass is 10.0. The third kappa shape index (κ3) is 2.10. The number of hydrogen-bond donors (Lipinski definition) is 0. The van der Waals surface area contributed by atoms with E-state index >= 15 is 0 Å². The van der Waals surface area contributed by atoms with Gasteiger partial charge in [-0.25, -0.2) is 8.78 Å². The van der Waals surface area contributed by atoms with E-state index < -0.39 is 16.6 Å². The highest BCUT2D eigenvalue weighted by Gasteiger charge is 2.18. The van der Waals surface area contributed by atoms with Crippen LogP contribution in [0.5, 0.6) is 0 Å². The molecular formula is C11H6F2N2O2. The predicted molar refractivity (Wildman–Crippen MR) is 56.2 cm³/mol. The van der Waals surface area contributed by atoms with Gasteiger partial charge in [-0.1, -0.05) is 0 Å². The Balaban J connectivity index is 2.68. The molecule has 0 N–H and O–H groups in total. The maximum absolute atomic E-state index is 13.5. The topological polar surface area (TPSA) is 56.0 Å². The van der Waals surface area contributed by atoms with E-state index in [9.17, 15) is 18.9 Å². The molecule has 0 spiro atoms. The van der Waals surface area contributed by atoms with Crippen molar-refractivity contribution in [2.45, 2.75) is 0 Å². The molecule has 0 aliphatic carbocycles. The molecule has 0 unspecified atom stereocenters. The van der Waals surface area contributed by atoms with E-state index in [0.29, 0.717) is 0 Å². The molecule has 86 valence electrons. The molecule has 0 saturated heterocycles. The summed E-state index contributed by atoms with van der Waals surface area (Å²) >= 11 is 0. The lowest BCUT2D eigenvalue weighted by Gasteiger charge is -2.04. The van der Waals surface area contributed by atoms with Crippen LogP contribution in [-0.2, 0) is 0 Å². The normalized spacial score (nSPS) is 10.2. The molecule has 0 aliphatic rings. The summed E-state index contributed by atoms with van der Waals surface area (Å²) in [5, 5.41) is 10.7. The van der Waals surface area contributed by atoms with Crippen LogP contribution in [-0.4, -0.2) is 9.91 Å². The molecule has 0 aliphatic heterocycles. The van der Waals surface area contributed by atoms with Crippen LogP contribution in [0.15, 0.2) is 36.7 Å². The molecule has 2 aromatic rings. The van der Waals surface area contributed by atoms with Crippen molar-refractivity contribution in [2.75, 3.05) is 0 Å². The molecule has 0 saturated carbocycles. The molecule has 2 rings (SSSR count). The van der Waals surface area contributed by atoms with Gasteiger partial charge in [0, 0.05) is 11.8 Å². The summed E-state index contributed by atoms with van der Waals surface area (Å²) in [6.45, 7) is 0. The average molecular weight is 236 g/mol. The van der Waals surface area contributed by atoms with Gasteiger partial charge < -0.3 is 0 Å². The Bertz CT molecular complexity index is 587. The predicted octanol–water partition coefficient (Wildman–Crippen LogP) is 2.94. The first-order valence-corrected chi connectivity index (χ1v) is 4.63. The fourth-order valence-electron chi connectivity index (χ4n) is 1.46. The van der Waals surface area contributed by atoms with Crippen molar-refractivity contribution in [3.05, 3.63) is 58.4 Å². The van der Waals surface area contributed by atoms with Gasteiger partial charge in [0.05, 0.1) is 10.5 Å². The van der Waals surface area contributed by atoms with Crippen LogP contribution in [0, 0.1) is 21.7 Å². The van der Waals surface area contributed by atoms with Crippen LogP contribution >= 0.6 is 0 Å². The van der Waals surface area contributed by atoms with Crippen molar-refractivity contribution < 1.29 is 13.7 Å². The minimum absolute atomic E-state index is 0.00185. The molecule has 0 bridgehead atoms. The zero-order valence-electron chi connectivity index (χ0n) is 8.43. The smallest absolute Gasteiger partial charge is 0.258 e. The van der Waals surface area contributed by atoms with E-state index in [1.807, 2.05) is 0 Å². The summed E-state index contributed by atoms with van der Waals surface area (Å²) in [5.41, 5.74) is -0.516. The first-order chi connectivity index (χ1) is 8.09. The first kappa shape index (κ1) is 11.1. The highest BCUT2D eigenvalue weighted by molar-refractivity contribution is 5.73. The summed E-state index contributed by atoms with van der Waals surface area (Å²) in [5.74, 6) is -1.38. The first-order valence-electron chi connectivity index (χ1n) is 4.63. The molecule has 17 heavy (non-hydrogen) atoms. The molecule has 0 fully saturated rings. The summed E-state index contributed by atoms with van der Waals surface area (Å²) in [7, 11) is 0. The Morgan fingerprint density at radius 1 is 1.18 bits per heavy atom. The Morgan fingerprint density at radius 3 is 2.65 bits per heavy atom. The van der Waals surface area contributed by atoms with Crippen LogP contribution in [0.25, 0.3) is 11.1 Å². The lowest BCUT2D eigenvalue weighted by molar-refractivity contribution is -0.384. The highest BCUT2D eigenvalue weighted by Crippen LogP contribution is 2.30. The second-order valence-electron chi connectivity index (χ2n) is 3.27. The van der Waals surface area contributed by atoms with Crippen molar-refractivity contribution in [2.24, 2.45) is 0 Å². The summed E-state index contributed by atoms with van der Waals surface area (Å²) in [6, 6.07) is 4.06. The van der Waals surface area contributed by atoms with Gasteiger partial charge >= 0.3 is 0 Å². The van der Waals surface area contributed by atoms with E-state index in [1.54, 1.807) is 0 Å². The Labute approximate surface area is 94.7 Å². The lowest BCUT2D eigenvalue weighted by Crippen LogP contribution is -1.95. The number of hydrogen-bond acceptors (Lipinski definition) is 3. The molecule has 0 atom stereocenters. The number of pyridine rings is 1. The van der Waals surface area contributed by atoms with E-state index in [2.05, 4.69) is 4.98 Å². The third-order valence-electron chi connectivity index (χ3n) is 2.22. The average Bonchev–Trinajstić information content (AvgIpc) is 2.32. The Hall–Kier alpha value is -2.37. The number of nitrogens with zero attached hydrogens (tertiary/aromatic N) is 2. The maximum Gasteiger partial charge on any atom is 0.295 e. The monoisotopic (exact) mass is 236 g/mol. The SMILES string of the molecule is O=[N+]([O-])c1cnccc1-c1cc(F)ccc1F. The van der Waals surface area contributed by atoms with Gasteiger partial charge in [0.1, 0.15) is 17.8 Å². The third-order valence-corrected chi connectivity index (χ3v) is 2.22. The highest BCUT2D eigenvalue weighted by atomic mass is 19.1. The molecule has 6 heteroatoms. The van der Waals surface area contributed by atoms with Crippen molar-refractivity contribution in [1.82, 2.24) is 4.98 Å². The zero-order valence-corrected chi connectivity index (χ0v) is 8.43. The maximum atomic E-state index is 13.5. The Morgan fingerprint density at radius 2 is 1.94 bits per heavy atom. The standard InChI is InChI=1S/C11H6F2N2O2/c12-7-1-2-10(13)9(5-7)8-3-4-14-6-11(8)15(16)17/h1-6H. The Kier molecular flexibility index (Phi) is 2.78. The van der Waals surface area contributed by atoms with Crippen LogP contribution in [0.3, 0.4) is 0 Å². The summed E-state index contributed by atoms with van der Waals surface area (Å²) < 4.78 is 26.5. The summed E-state index contributed by atoms with van der Waals surface area (Å²) in [4.78, 5) is 13.6. The van der Waals surface area contributed by atoms with Gasteiger partial charge in [0.25, 0.3) is 5.69 Å². The summed E-state index contributed by atoms with van der Waals surface area (Å²) in [6.07, 6.45) is 2.28. The second-order valence-corrected chi connectivity index (χ2v) is 3.27. The van der Waals surface area contributed by atoms with Crippen molar-refractivity contribution in [3.63, 3.8) is 0 Å². The fraction of sp³-hybridized carbons (Fsp3) is 0. The van der Waals surface area contributed by atoms with E-state index in [1.165, 1.54) is 12.3 Å². The van der Waals surface area contributed by atoms with Crippen molar-refractivity contribution in [1.29, 1.82) is 0 Å². The molecule has 1 aromatic heterocycles. The molecule has 0 amide bonds. The van der Waals surface area contributed by atoms with Crippen molar-refractivity contribution in [3.8, 4) is 11.1 Å². The molecule has 1 aromatic carbocycles. The number of benzene rings is 1. The molecule has 4 nitrogen and oxygen atoms in total. The molecular weight excluding hydrogens is 230 g/mol. The number of rotatable bonds is 2. The van der Waals surface area contributed by atoms with Gasteiger partial charge in [-0.15, -0.1) is 0 Å². The number of nitro groups is 1. The zero-order chi connectivity index (χ0) is 12.4. The number of aromatic nitrogens is 1. The van der Waals surface area contributed by atoms with E-state index in [4.69, 9.17) is 0 Å². The van der Waals surface area contributed by atoms with Gasteiger partial charge in [0.2, 0.25) is 0 Å². The van der Waals surface area contributed by atoms with Gasteiger partial charge in [-0.2, -0.15) is 0 Å².